The average Bonchev–Trinajstić information content (AvgIpc) is 3.03. The highest BCUT2D eigenvalue weighted by atomic mass is 16.5. The zero-order chi connectivity index (χ0) is 14.5. The molecule has 0 heterocycles. The molecule has 1 aromatic rings. The maximum Gasteiger partial charge on any atom is 0.338 e. The van der Waals surface area contributed by atoms with Gasteiger partial charge in [-0.2, -0.15) is 0 Å². The van der Waals surface area contributed by atoms with Crippen LogP contribution in [0.4, 0.5) is 0 Å². The summed E-state index contributed by atoms with van der Waals surface area (Å²) in [5.41, 5.74) is 0.607. The quantitative estimate of drug-likeness (QED) is 0.622. The molecule has 0 spiro atoms. The van der Waals surface area contributed by atoms with Crippen LogP contribution in [0.15, 0.2) is 42.5 Å². The third kappa shape index (κ3) is 3.94. The molecule has 3 rings (SSSR count). The van der Waals surface area contributed by atoms with Crippen LogP contribution < -0.4 is 0 Å². The van der Waals surface area contributed by atoms with Crippen LogP contribution in [0.25, 0.3) is 0 Å². The minimum absolute atomic E-state index is 0.124. The van der Waals surface area contributed by atoms with Gasteiger partial charge in [0.15, 0.2) is 0 Å². The molecule has 3 heteroatoms. The first-order chi connectivity index (χ1) is 10.3. The summed E-state index contributed by atoms with van der Waals surface area (Å²) < 4.78 is 11.6. The van der Waals surface area contributed by atoms with Crippen LogP contribution in [0, 0.1) is 0 Å². The number of esters is 1. The molecular formula is C18H22O3. The summed E-state index contributed by atoms with van der Waals surface area (Å²) in [5.74, 6) is -0.250. The second-order valence-corrected chi connectivity index (χ2v) is 5.85. The molecule has 0 aliphatic heterocycles. The van der Waals surface area contributed by atoms with Crippen LogP contribution in [0.2, 0.25) is 0 Å². The van der Waals surface area contributed by atoms with Gasteiger partial charge in [-0.1, -0.05) is 37.1 Å². The second-order valence-electron chi connectivity index (χ2n) is 5.85. The molecule has 0 radical (unpaired) electrons. The molecule has 3 nitrogen and oxygen atoms in total. The van der Waals surface area contributed by atoms with Crippen LogP contribution in [-0.2, 0) is 9.47 Å². The van der Waals surface area contributed by atoms with E-state index in [1.54, 1.807) is 12.1 Å². The fourth-order valence-electron chi connectivity index (χ4n) is 3.03. The largest absolute Gasteiger partial charge is 0.455 e. The lowest BCUT2D eigenvalue weighted by atomic mass is 10.0. The molecule has 2 aliphatic carbocycles. The average molecular weight is 286 g/mol. The Hall–Kier alpha value is -1.61. The van der Waals surface area contributed by atoms with Crippen molar-refractivity contribution in [2.75, 3.05) is 0 Å². The lowest BCUT2D eigenvalue weighted by Gasteiger charge is -2.25. The summed E-state index contributed by atoms with van der Waals surface area (Å²) >= 11 is 0. The van der Waals surface area contributed by atoms with Crippen LogP contribution in [0.3, 0.4) is 0 Å². The molecule has 0 amide bonds. The maximum atomic E-state index is 12.0. The molecule has 2 atom stereocenters. The molecule has 1 saturated carbocycles. The topological polar surface area (TPSA) is 35.5 Å². The number of hydrogen-bond donors (Lipinski definition) is 0. The smallest absolute Gasteiger partial charge is 0.338 e. The third-order valence-electron chi connectivity index (χ3n) is 4.21. The van der Waals surface area contributed by atoms with E-state index in [0.29, 0.717) is 11.7 Å². The number of carbonyl (C=O) groups is 1. The molecule has 2 aliphatic rings. The van der Waals surface area contributed by atoms with Gasteiger partial charge in [-0.05, 0) is 43.9 Å². The van der Waals surface area contributed by atoms with Crippen LogP contribution in [0.1, 0.15) is 48.9 Å². The van der Waals surface area contributed by atoms with Gasteiger partial charge in [-0.15, -0.1) is 0 Å². The van der Waals surface area contributed by atoms with E-state index in [9.17, 15) is 4.79 Å². The minimum atomic E-state index is -0.250. The Morgan fingerprint density at radius 3 is 2.24 bits per heavy atom. The van der Waals surface area contributed by atoms with Gasteiger partial charge in [0.2, 0.25) is 0 Å². The Bertz CT molecular complexity index is 488. The lowest BCUT2D eigenvalue weighted by Crippen LogP contribution is -2.26. The molecule has 0 unspecified atom stereocenters. The van der Waals surface area contributed by atoms with E-state index in [0.717, 1.165) is 12.8 Å². The van der Waals surface area contributed by atoms with Crippen LogP contribution in [-0.4, -0.2) is 24.3 Å². The number of benzene rings is 1. The Labute approximate surface area is 125 Å². The fraction of sp³-hybridized carbons (Fsp3) is 0.500. The molecule has 0 aromatic heterocycles. The first kappa shape index (κ1) is 14.3. The Morgan fingerprint density at radius 1 is 0.905 bits per heavy atom. The zero-order valence-electron chi connectivity index (χ0n) is 12.2. The Balaban J connectivity index is 1.49. The van der Waals surface area contributed by atoms with E-state index in [2.05, 4.69) is 6.08 Å². The van der Waals surface area contributed by atoms with Crippen molar-refractivity contribution in [3.05, 3.63) is 48.0 Å². The SMILES string of the molecule is O=C(O[C@H]1C=C[C@H](OC2CCCC2)CC1)c1ccccc1. The summed E-state index contributed by atoms with van der Waals surface area (Å²) in [6.07, 6.45) is 11.3. The van der Waals surface area contributed by atoms with Crippen molar-refractivity contribution in [3.63, 3.8) is 0 Å². The number of carbonyl (C=O) groups excluding carboxylic acids is 1. The second kappa shape index (κ2) is 6.90. The molecular weight excluding hydrogens is 264 g/mol. The standard InChI is InChI=1S/C18H22O3/c19-18(14-6-2-1-3-7-14)21-17-12-10-16(11-13-17)20-15-8-4-5-9-15/h1-3,6-7,10,12,15-17H,4-5,8-9,11,13H2/t16-,17-/m0/s1. The maximum absolute atomic E-state index is 12.0. The fourth-order valence-corrected chi connectivity index (χ4v) is 3.03. The number of hydrogen-bond acceptors (Lipinski definition) is 3. The van der Waals surface area contributed by atoms with E-state index in [-0.39, 0.29) is 18.2 Å². The van der Waals surface area contributed by atoms with Gasteiger partial charge in [0.25, 0.3) is 0 Å². The number of rotatable bonds is 4. The predicted molar refractivity (Wildman–Crippen MR) is 81.1 cm³/mol. The minimum Gasteiger partial charge on any atom is -0.455 e. The van der Waals surface area contributed by atoms with Gasteiger partial charge in [0.1, 0.15) is 6.10 Å². The third-order valence-corrected chi connectivity index (χ3v) is 4.21. The van der Waals surface area contributed by atoms with Crippen molar-refractivity contribution in [1.82, 2.24) is 0 Å². The van der Waals surface area contributed by atoms with Gasteiger partial charge < -0.3 is 9.47 Å². The van der Waals surface area contributed by atoms with Gasteiger partial charge in [0, 0.05) is 0 Å². The summed E-state index contributed by atoms with van der Waals surface area (Å²) in [5, 5.41) is 0. The van der Waals surface area contributed by atoms with E-state index >= 15 is 0 Å². The van der Waals surface area contributed by atoms with Crippen molar-refractivity contribution in [3.8, 4) is 0 Å². The monoisotopic (exact) mass is 286 g/mol. The zero-order valence-corrected chi connectivity index (χ0v) is 12.2. The van der Waals surface area contributed by atoms with Crippen molar-refractivity contribution in [2.24, 2.45) is 0 Å². The molecule has 0 N–H and O–H groups in total. The van der Waals surface area contributed by atoms with Crippen molar-refractivity contribution in [2.45, 2.75) is 56.8 Å². The summed E-state index contributed by atoms with van der Waals surface area (Å²) in [6, 6.07) is 9.14. The molecule has 0 saturated heterocycles. The van der Waals surface area contributed by atoms with Crippen molar-refractivity contribution >= 4 is 5.97 Å². The molecule has 112 valence electrons. The predicted octanol–water partition coefficient (Wildman–Crippen LogP) is 3.89. The van der Waals surface area contributed by atoms with Gasteiger partial charge in [-0.3, -0.25) is 0 Å². The van der Waals surface area contributed by atoms with E-state index in [1.165, 1.54) is 25.7 Å². The van der Waals surface area contributed by atoms with E-state index in [4.69, 9.17) is 9.47 Å². The number of ether oxygens (including phenoxy) is 2. The Morgan fingerprint density at radius 2 is 1.57 bits per heavy atom. The van der Waals surface area contributed by atoms with E-state index in [1.807, 2.05) is 24.3 Å². The first-order valence-corrected chi connectivity index (χ1v) is 7.91. The summed E-state index contributed by atoms with van der Waals surface area (Å²) in [7, 11) is 0. The van der Waals surface area contributed by atoms with Crippen molar-refractivity contribution < 1.29 is 14.3 Å². The highest BCUT2D eigenvalue weighted by molar-refractivity contribution is 5.89. The summed E-state index contributed by atoms with van der Waals surface area (Å²) in [6.45, 7) is 0. The first-order valence-electron chi connectivity index (χ1n) is 7.91. The highest BCUT2D eigenvalue weighted by Gasteiger charge is 2.23. The van der Waals surface area contributed by atoms with E-state index < -0.39 is 0 Å². The molecule has 0 bridgehead atoms. The summed E-state index contributed by atoms with van der Waals surface area (Å²) in [4.78, 5) is 12.0. The van der Waals surface area contributed by atoms with Crippen LogP contribution >= 0.6 is 0 Å². The lowest BCUT2D eigenvalue weighted by molar-refractivity contribution is -0.00292. The van der Waals surface area contributed by atoms with Crippen LogP contribution in [0.5, 0.6) is 0 Å². The molecule has 1 fully saturated rings. The van der Waals surface area contributed by atoms with Gasteiger partial charge in [0.05, 0.1) is 17.8 Å². The highest BCUT2D eigenvalue weighted by Crippen LogP contribution is 2.26. The molecule has 21 heavy (non-hydrogen) atoms. The molecule has 1 aromatic carbocycles. The van der Waals surface area contributed by atoms with Gasteiger partial charge >= 0.3 is 5.97 Å². The van der Waals surface area contributed by atoms with Gasteiger partial charge in [-0.25, -0.2) is 4.79 Å². The normalized spacial score (nSPS) is 25.9. The van der Waals surface area contributed by atoms with Crippen molar-refractivity contribution in [1.29, 1.82) is 0 Å². The Kier molecular flexibility index (Phi) is 4.71.